The van der Waals surface area contributed by atoms with Gasteiger partial charge in [-0.05, 0) is 77.0 Å². The van der Waals surface area contributed by atoms with Crippen LogP contribution in [0.15, 0.2) is 48.6 Å². The number of rotatable bonds is 44. The maximum Gasteiger partial charge on any atom is 0.472 e. The van der Waals surface area contributed by atoms with E-state index in [4.69, 9.17) is 23.6 Å². The van der Waals surface area contributed by atoms with Gasteiger partial charge in [-0.3, -0.25) is 18.6 Å². The van der Waals surface area contributed by atoms with Crippen molar-refractivity contribution in [3.63, 3.8) is 0 Å². The molecule has 0 rings (SSSR count). The van der Waals surface area contributed by atoms with Crippen LogP contribution in [0.2, 0.25) is 0 Å². The van der Waals surface area contributed by atoms with Crippen molar-refractivity contribution >= 4 is 19.8 Å². The van der Waals surface area contributed by atoms with Crippen molar-refractivity contribution in [2.45, 2.75) is 219 Å². The molecule has 3 atom stereocenters. The number of unbranched alkanes of at least 4 members (excludes halogenated alkanes) is 22. The van der Waals surface area contributed by atoms with Gasteiger partial charge in [0.2, 0.25) is 0 Å². The first-order valence-electron chi connectivity index (χ1n) is 23.6. The van der Waals surface area contributed by atoms with Crippen LogP contribution in [0.3, 0.4) is 0 Å². The number of carbonyl (C=O) groups excluding carboxylic acids is 2. The van der Waals surface area contributed by atoms with Gasteiger partial charge in [0.15, 0.2) is 6.10 Å². The van der Waals surface area contributed by atoms with Gasteiger partial charge in [0.25, 0.3) is 0 Å². The third kappa shape index (κ3) is 43.8. The summed E-state index contributed by atoms with van der Waals surface area (Å²) in [7, 11) is -4.62. The van der Waals surface area contributed by atoms with Crippen LogP contribution in [-0.2, 0) is 32.7 Å². The third-order valence-electron chi connectivity index (χ3n) is 9.96. The van der Waals surface area contributed by atoms with Crippen LogP contribution in [0.25, 0.3) is 0 Å². The largest absolute Gasteiger partial charge is 0.472 e. The molecule has 3 unspecified atom stereocenters. The van der Waals surface area contributed by atoms with Gasteiger partial charge in [-0.15, -0.1) is 0 Å². The van der Waals surface area contributed by atoms with Crippen LogP contribution in [0.5, 0.6) is 0 Å². The molecular formula is C48H87O10P. The van der Waals surface area contributed by atoms with E-state index in [0.717, 1.165) is 77.0 Å². The lowest BCUT2D eigenvalue weighted by Crippen LogP contribution is -2.29. The Morgan fingerprint density at radius 2 is 0.881 bits per heavy atom. The number of ether oxygens (including phenoxy) is 2. The molecule has 59 heavy (non-hydrogen) atoms. The normalized spacial score (nSPS) is 14.2. The van der Waals surface area contributed by atoms with Crippen molar-refractivity contribution in [3.05, 3.63) is 48.6 Å². The van der Waals surface area contributed by atoms with E-state index in [-0.39, 0.29) is 19.4 Å². The summed E-state index contributed by atoms with van der Waals surface area (Å²) >= 11 is 0. The third-order valence-corrected chi connectivity index (χ3v) is 10.9. The molecule has 0 aromatic heterocycles. The lowest BCUT2D eigenvalue weighted by atomic mass is 10.1. The molecule has 0 aromatic rings. The lowest BCUT2D eigenvalue weighted by molar-refractivity contribution is -0.161. The van der Waals surface area contributed by atoms with Gasteiger partial charge in [-0.25, -0.2) is 4.57 Å². The summed E-state index contributed by atoms with van der Waals surface area (Å²) in [6, 6.07) is 0. The topological polar surface area (TPSA) is 149 Å². The van der Waals surface area contributed by atoms with Gasteiger partial charge in [0, 0.05) is 12.8 Å². The summed E-state index contributed by atoms with van der Waals surface area (Å²) in [5.41, 5.74) is 0. The smallest absolute Gasteiger partial charge is 0.462 e. The highest BCUT2D eigenvalue weighted by Crippen LogP contribution is 2.43. The molecule has 0 amide bonds. The van der Waals surface area contributed by atoms with Crippen LogP contribution in [0, 0.1) is 0 Å². The van der Waals surface area contributed by atoms with Crippen molar-refractivity contribution in [2.24, 2.45) is 0 Å². The first-order chi connectivity index (χ1) is 28.7. The Bertz CT molecular complexity index is 1120. The Morgan fingerprint density at radius 3 is 1.34 bits per heavy atom. The van der Waals surface area contributed by atoms with Crippen LogP contribution < -0.4 is 0 Å². The summed E-state index contributed by atoms with van der Waals surface area (Å²) in [6.07, 6.45) is 47.8. The number of hydrogen-bond donors (Lipinski definition) is 3. The first-order valence-corrected chi connectivity index (χ1v) is 25.1. The predicted molar refractivity (Wildman–Crippen MR) is 242 cm³/mol. The van der Waals surface area contributed by atoms with Crippen LogP contribution in [-0.4, -0.2) is 65.7 Å². The average molecular weight is 855 g/mol. The Balaban J connectivity index is 4.25. The minimum absolute atomic E-state index is 0.175. The second-order valence-corrected chi connectivity index (χ2v) is 17.2. The van der Waals surface area contributed by atoms with Gasteiger partial charge < -0.3 is 24.6 Å². The molecule has 0 aliphatic rings. The minimum atomic E-state index is -4.62. The highest BCUT2D eigenvalue weighted by Gasteiger charge is 2.27. The highest BCUT2D eigenvalue weighted by atomic mass is 31.2. The van der Waals surface area contributed by atoms with Crippen molar-refractivity contribution in [1.29, 1.82) is 0 Å². The first kappa shape index (κ1) is 56.9. The number of phosphoric acid groups is 1. The number of aliphatic hydroxyl groups excluding tert-OH is 2. The van der Waals surface area contributed by atoms with E-state index in [1.54, 1.807) is 0 Å². The second kappa shape index (κ2) is 44.0. The molecule has 0 fully saturated rings. The zero-order chi connectivity index (χ0) is 43.3. The van der Waals surface area contributed by atoms with Gasteiger partial charge in [-0.2, -0.15) is 0 Å². The van der Waals surface area contributed by atoms with E-state index in [1.165, 1.54) is 89.9 Å². The number of esters is 2. The monoisotopic (exact) mass is 855 g/mol. The Morgan fingerprint density at radius 1 is 0.508 bits per heavy atom. The summed E-state index contributed by atoms with van der Waals surface area (Å²) < 4.78 is 32.8. The predicted octanol–water partition coefficient (Wildman–Crippen LogP) is 12.9. The Labute approximate surface area is 360 Å². The second-order valence-electron chi connectivity index (χ2n) is 15.8. The van der Waals surface area contributed by atoms with Gasteiger partial charge >= 0.3 is 19.8 Å². The molecule has 344 valence electrons. The lowest BCUT2D eigenvalue weighted by Gasteiger charge is -2.20. The molecular weight excluding hydrogens is 767 g/mol. The molecule has 0 saturated carbocycles. The van der Waals surface area contributed by atoms with Crippen molar-refractivity contribution in [1.82, 2.24) is 0 Å². The molecule has 0 bridgehead atoms. The van der Waals surface area contributed by atoms with E-state index in [0.29, 0.717) is 12.8 Å². The van der Waals surface area contributed by atoms with Crippen LogP contribution >= 0.6 is 7.82 Å². The number of allylic oxidation sites excluding steroid dienone is 8. The Hall–Kier alpha value is -2.07. The number of phosphoric ester groups is 1. The summed E-state index contributed by atoms with van der Waals surface area (Å²) in [5, 5.41) is 18.4. The van der Waals surface area contributed by atoms with Crippen LogP contribution in [0.1, 0.15) is 206 Å². The molecule has 0 aliphatic carbocycles. The standard InChI is InChI=1S/C48H87O10P/c1-3-5-7-9-11-13-15-17-19-20-21-22-23-24-26-28-30-32-34-36-38-40-48(52)58-46(44-57-59(53,54)56-42-45(50)41-49)43-55-47(51)39-37-35-33-31-29-27-25-18-16-14-12-10-8-6-4-2/h12,14-15,17-18,20-21,25,45-46,49-50H,3-11,13,16,19,22-24,26-44H2,1-2H3,(H,53,54)/b14-12-,17-15-,21-20-,25-18-. The molecule has 11 heteroatoms. The summed E-state index contributed by atoms with van der Waals surface area (Å²) in [6.45, 7) is 2.33. The summed E-state index contributed by atoms with van der Waals surface area (Å²) in [4.78, 5) is 35.1. The van der Waals surface area contributed by atoms with E-state index in [9.17, 15) is 24.2 Å². The summed E-state index contributed by atoms with van der Waals surface area (Å²) in [5.74, 6) is -0.944. The van der Waals surface area contributed by atoms with E-state index in [1.807, 2.05) is 0 Å². The average Bonchev–Trinajstić information content (AvgIpc) is 3.22. The quantitative estimate of drug-likeness (QED) is 0.0234. The van der Waals surface area contributed by atoms with Gasteiger partial charge in [0.05, 0.1) is 19.8 Å². The highest BCUT2D eigenvalue weighted by molar-refractivity contribution is 7.47. The van der Waals surface area contributed by atoms with Gasteiger partial charge in [0.1, 0.15) is 12.7 Å². The number of carbonyl (C=O) groups is 2. The minimum Gasteiger partial charge on any atom is -0.462 e. The molecule has 0 aromatic carbocycles. The zero-order valence-corrected chi connectivity index (χ0v) is 38.4. The van der Waals surface area contributed by atoms with E-state index in [2.05, 4.69) is 62.5 Å². The van der Waals surface area contributed by atoms with Crippen molar-refractivity contribution in [3.8, 4) is 0 Å². The molecule has 10 nitrogen and oxygen atoms in total. The fourth-order valence-corrected chi connectivity index (χ4v) is 7.08. The fourth-order valence-electron chi connectivity index (χ4n) is 6.29. The molecule has 0 radical (unpaired) electrons. The Kier molecular flexibility index (Phi) is 42.5. The molecule has 0 heterocycles. The SMILES string of the molecule is CCCCC/C=C\C/C=C\CCCCCCCC(=O)OCC(COP(=O)(O)OCC(O)CO)OC(=O)CCCCCCCCCCC/C=C\C/C=C\CCCCCCC. The maximum atomic E-state index is 12.6. The van der Waals surface area contributed by atoms with Crippen molar-refractivity contribution in [2.75, 3.05) is 26.4 Å². The number of hydrogen-bond acceptors (Lipinski definition) is 9. The van der Waals surface area contributed by atoms with Crippen LogP contribution in [0.4, 0.5) is 0 Å². The van der Waals surface area contributed by atoms with E-state index >= 15 is 0 Å². The zero-order valence-electron chi connectivity index (χ0n) is 37.5. The van der Waals surface area contributed by atoms with Gasteiger partial charge in [-0.1, -0.05) is 165 Å². The molecule has 0 saturated heterocycles. The molecule has 3 N–H and O–H groups in total. The number of aliphatic hydroxyl groups is 2. The maximum absolute atomic E-state index is 12.6. The van der Waals surface area contributed by atoms with E-state index < -0.39 is 51.8 Å². The van der Waals surface area contributed by atoms with Crippen molar-refractivity contribution < 1.29 is 47.8 Å². The fraction of sp³-hybridized carbons (Fsp3) is 0.792. The molecule has 0 aliphatic heterocycles. The molecule has 0 spiro atoms.